The molecule has 1 N–H and O–H groups in total. The summed E-state index contributed by atoms with van der Waals surface area (Å²) in [6, 6.07) is 8.03. The zero-order chi connectivity index (χ0) is 13.0. The highest BCUT2D eigenvalue weighted by atomic mass is 35.5. The first kappa shape index (κ1) is 12.2. The van der Waals surface area contributed by atoms with Crippen molar-refractivity contribution in [2.24, 2.45) is 23.7 Å². The topological polar surface area (TPSA) is 20.2 Å². The fourth-order valence-corrected chi connectivity index (χ4v) is 5.34. The molecule has 4 aliphatic carbocycles. The second-order valence-electron chi connectivity index (χ2n) is 7.10. The highest BCUT2D eigenvalue weighted by molar-refractivity contribution is 6.30. The lowest BCUT2D eigenvalue weighted by atomic mass is 9.49. The first-order chi connectivity index (χ1) is 9.13. The zero-order valence-corrected chi connectivity index (χ0v) is 11.9. The van der Waals surface area contributed by atoms with Crippen molar-refractivity contribution in [3.05, 3.63) is 34.9 Å². The Hall–Kier alpha value is -0.530. The van der Waals surface area contributed by atoms with Gasteiger partial charge in [0.1, 0.15) is 0 Å². The van der Waals surface area contributed by atoms with Crippen molar-refractivity contribution in [2.75, 3.05) is 0 Å². The van der Waals surface area contributed by atoms with Crippen LogP contribution in [0.4, 0.5) is 0 Å². The van der Waals surface area contributed by atoms with Gasteiger partial charge in [0.2, 0.25) is 0 Å². The van der Waals surface area contributed by atoms with Gasteiger partial charge in [-0.15, -0.1) is 0 Å². The molecule has 4 aliphatic rings. The molecule has 0 saturated heterocycles. The van der Waals surface area contributed by atoms with Gasteiger partial charge in [0.15, 0.2) is 0 Å². The maximum absolute atomic E-state index is 11.3. The van der Waals surface area contributed by atoms with Crippen LogP contribution in [-0.2, 0) is 6.42 Å². The molecule has 102 valence electrons. The summed E-state index contributed by atoms with van der Waals surface area (Å²) in [6.07, 6.45) is 7.30. The highest BCUT2D eigenvalue weighted by Gasteiger charge is 2.56. The van der Waals surface area contributed by atoms with Crippen LogP contribution in [0.5, 0.6) is 0 Å². The number of aliphatic hydroxyl groups is 1. The Bertz CT molecular complexity index is 451. The summed E-state index contributed by atoms with van der Waals surface area (Å²) in [7, 11) is 0. The predicted octanol–water partition coefficient (Wildman–Crippen LogP) is 4.07. The average molecular weight is 277 g/mol. The van der Waals surface area contributed by atoms with Crippen LogP contribution >= 0.6 is 11.6 Å². The lowest BCUT2D eigenvalue weighted by molar-refractivity contribution is -0.171. The van der Waals surface area contributed by atoms with E-state index < -0.39 is 5.60 Å². The Morgan fingerprint density at radius 3 is 2.00 bits per heavy atom. The summed E-state index contributed by atoms with van der Waals surface area (Å²) in [5, 5.41) is 12.1. The molecule has 4 saturated carbocycles. The van der Waals surface area contributed by atoms with Crippen LogP contribution in [0.25, 0.3) is 0 Å². The van der Waals surface area contributed by atoms with Crippen molar-refractivity contribution >= 4 is 11.6 Å². The zero-order valence-electron chi connectivity index (χ0n) is 11.2. The van der Waals surface area contributed by atoms with Crippen molar-refractivity contribution in [1.29, 1.82) is 0 Å². The summed E-state index contributed by atoms with van der Waals surface area (Å²) < 4.78 is 0. The molecular weight excluding hydrogens is 256 g/mol. The maximum Gasteiger partial charge on any atom is 0.0744 e. The van der Waals surface area contributed by atoms with Gasteiger partial charge < -0.3 is 5.11 Å². The van der Waals surface area contributed by atoms with E-state index in [4.69, 9.17) is 11.6 Å². The molecule has 0 atom stereocenters. The molecule has 0 heterocycles. The molecule has 5 rings (SSSR count). The summed E-state index contributed by atoms with van der Waals surface area (Å²) in [4.78, 5) is 0. The van der Waals surface area contributed by atoms with Crippen LogP contribution in [-0.4, -0.2) is 10.7 Å². The maximum atomic E-state index is 11.3. The Kier molecular flexibility index (Phi) is 2.72. The van der Waals surface area contributed by atoms with Gasteiger partial charge in [-0.3, -0.25) is 0 Å². The number of rotatable bonds is 2. The Labute approximate surface area is 120 Å². The SMILES string of the molecule is OC1(Cc2ccc(Cl)cc2)C2CC3CC(C2)CC1C3. The quantitative estimate of drug-likeness (QED) is 0.863. The highest BCUT2D eigenvalue weighted by Crippen LogP contribution is 2.59. The molecule has 0 radical (unpaired) electrons. The molecule has 4 fully saturated rings. The first-order valence-electron chi connectivity index (χ1n) is 7.60. The van der Waals surface area contributed by atoms with E-state index in [-0.39, 0.29) is 0 Å². The predicted molar refractivity (Wildman–Crippen MR) is 77.2 cm³/mol. The number of hydrogen-bond acceptors (Lipinski definition) is 1. The molecule has 1 nitrogen and oxygen atoms in total. The van der Waals surface area contributed by atoms with E-state index in [9.17, 15) is 5.11 Å². The van der Waals surface area contributed by atoms with E-state index in [1.807, 2.05) is 12.1 Å². The van der Waals surface area contributed by atoms with E-state index in [1.54, 1.807) is 0 Å². The molecule has 4 bridgehead atoms. The fraction of sp³-hybridized carbons (Fsp3) is 0.647. The lowest BCUT2D eigenvalue weighted by Gasteiger charge is -2.59. The third kappa shape index (κ3) is 1.94. The fourth-order valence-electron chi connectivity index (χ4n) is 5.22. The summed E-state index contributed by atoms with van der Waals surface area (Å²) in [5.74, 6) is 2.90. The van der Waals surface area contributed by atoms with Crippen molar-refractivity contribution in [1.82, 2.24) is 0 Å². The van der Waals surface area contributed by atoms with Crippen LogP contribution in [0.1, 0.15) is 37.7 Å². The molecule has 0 unspecified atom stereocenters. The van der Waals surface area contributed by atoms with Crippen molar-refractivity contribution in [3.63, 3.8) is 0 Å². The second-order valence-corrected chi connectivity index (χ2v) is 7.54. The third-order valence-electron chi connectivity index (χ3n) is 5.95. The summed E-state index contributed by atoms with van der Waals surface area (Å²) in [6.45, 7) is 0. The molecular formula is C17H21ClO. The minimum absolute atomic E-state index is 0.443. The average Bonchev–Trinajstić information content (AvgIpc) is 2.38. The van der Waals surface area contributed by atoms with Gasteiger partial charge in [0.25, 0.3) is 0 Å². The van der Waals surface area contributed by atoms with E-state index in [1.165, 1.54) is 37.7 Å². The number of halogens is 1. The molecule has 1 aromatic carbocycles. The molecule has 0 aromatic heterocycles. The minimum atomic E-state index is -0.443. The smallest absolute Gasteiger partial charge is 0.0744 e. The van der Waals surface area contributed by atoms with Crippen LogP contribution in [0.2, 0.25) is 5.02 Å². The number of benzene rings is 1. The molecule has 19 heavy (non-hydrogen) atoms. The van der Waals surface area contributed by atoms with Crippen molar-refractivity contribution in [2.45, 2.75) is 44.1 Å². The van der Waals surface area contributed by atoms with Gasteiger partial charge in [0.05, 0.1) is 5.60 Å². The summed E-state index contributed by atoms with van der Waals surface area (Å²) >= 11 is 5.95. The molecule has 0 spiro atoms. The van der Waals surface area contributed by atoms with Crippen molar-refractivity contribution < 1.29 is 5.11 Å². The molecule has 0 amide bonds. The summed E-state index contributed by atoms with van der Waals surface area (Å²) in [5.41, 5.74) is 0.792. The largest absolute Gasteiger partial charge is 0.389 e. The Balaban J connectivity index is 1.61. The van der Waals surface area contributed by atoms with E-state index in [2.05, 4.69) is 12.1 Å². The van der Waals surface area contributed by atoms with Gasteiger partial charge >= 0.3 is 0 Å². The van der Waals surface area contributed by atoms with Crippen molar-refractivity contribution in [3.8, 4) is 0 Å². The standard InChI is InChI=1S/C17H21ClO/c18-16-3-1-11(2-4-16)10-17(19)14-6-12-5-13(8-14)9-15(17)7-12/h1-4,12-15,19H,5-10H2. The number of hydrogen-bond donors (Lipinski definition) is 1. The van der Waals surface area contributed by atoms with Crippen LogP contribution in [0.15, 0.2) is 24.3 Å². The van der Waals surface area contributed by atoms with E-state index in [0.29, 0.717) is 11.8 Å². The van der Waals surface area contributed by atoms with Gasteiger partial charge in [-0.05, 0) is 73.5 Å². The van der Waals surface area contributed by atoms with Gasteiger partial charge in [-0.25, -0.2) is 0 Å². The molecule has 1 aromatic rings. The van der Waals surface area contributed by atoms with Crippen LogP contribution in [0, 0.1) is 23.7 Å². The molecule has 0 aliphatic heterocycles. The van der Waals surface area contributed by atoms with E-state index in [0.717, 1.165) is 23.3 Å². The Morgan fingerprint density at radius 2 is 1.47 bits per heavy atom. The van der Waals surface area contributed by atoms with Crippen LogP contribution in [0.3, 0.4) is 0 Å². The van der Waals surface area contributed by atoms with Crippen LogP contribution < -0.4 is 0 Å². The first-order valence-corrected chi connectivity index (χ1v) is 7.98. The monoisotopic (exact) mass is 276 g/mol. The molecule has 2 heteroatoms. The lowest BCUT2D eigenvalue weighted by Crippen LogP contribution is -2.58. The van der Waals surface area contributed by atoms with E-state index >= 15 is 0 Å². The minimum Gasteiger partial charge on any atom is -0.389 e. The third-order valence-corrected chi connectivity index (χ3v) is 6.20. The second kappa shape index (κ2) is 4.23. The Morgan fingerprint density at radius 1 is 0.947 bits per heavy atom. The van der Waals surface area contributed by atoms with Gasteiger partial charge in [-0.2, -0.15) is 0 Å². The normalized spacial score (nSPS) is 43.7. The van der Waals surface area contributed by atoms with Gasteiger partial charge in [-0.1, -0.05) is 23.7 Å². The van der Waals surface area contributed by atoms with Gasteiger partial charge in [0, 0.05) is 11.4 Å².